The molecule has 0 saturated carbocycles. The Hall–Kier alpha value is -2.39. The van der Waals surface area contributed by atoms with Crippen LogP contribution in [0.5, 0.6) is 0 Å². The first-order valence-electron chi connectivity index (χ1n) is 11.0. The van der Waals surface area contributed by atoms with Crippen molar-refractivity contribution >= 4 is 27.2 Å². The van der Waals surface area contributed by atoms with E-state index in [0.717, 1.165) is 55.2 Å². The fourth-order valence-electron chi connectivity index (χ4n) is 4.70. The monoisotopic (exact) mass is 462 g/mol. The summed E-state index contributed by atoms with van der Waals surface area (Å²) in [6, 6.07) is 5.51. The molecule has 3 aromatic rings. The summed E-state index contributed by atoms with van der Waals surface area (Å²) in [5.41, 5.74) is 1.25. The summed E-state index contributed by atoms with van der Waals surface area (Å²) in [6.07, 6.45) is 1.65. The topological polar surface area (TPSA) is 41.4 Å². The van der Waals surface area contributed by atoms with Crippen LogP contribution in [0.2, 0.25) is 0 Å². The van der Waals surface area contributed by atoms with Gasteiger partial charge in [-0.05, 0) is 49.4 Å². The van der Waals surface area contributed by atoms with Gasteiger partial charge in [0.1, 0.15) is 4.83 Å². The molecule has 0 unspecified atom stereocenters. The third-order valence-corrected chi connectivity index (χ3v) is 7.71. The van der Waals surface area contributed by atoms with Crippen LogP contribution in [0.1, 0.15) is 28.8 Å². The zero-order valence-corrected chi connectivity index (χ0v) is 18.5. The summed E-state index contributed by atoms with van der Waals surface area (Å²) in [5, 5.41) is 0.807. The first-order chi connectivity index (χ1) is 15.4. The van der Waals surface area contributed by atoms with Crippen LogP contribution in [0.15, 0.2) is 35.4 Å². The van der Waals surface area contributed by atoms with Crippen molar-refractivity contribution in [2.24, 2.45) is 0 Å². The molecule has 0 radical (unpaired) electrons. The lowest BCUT2D eigenvalue weighted by Crippen LogP contribution is -2.47. The summed E-state index contributed by atoms with van der Waals surface area (Å²) in [4.78, 5) is 24.1. The summed E-state index contributed by atoms with van der Waals surface area (Å²) in [5.74, 6) is 0. The van der Waals surface area contributed by atoms with E-state index in [1.54, 1.807) is 28.3 Å². The Morgan fingerprint density at radius 2 is 1.81 bits per heavy atom. The molecule has 1 saturated heterocycles. The van der Waals surface area contributed by atoms with Crippen molar-refractivity contribution in [1.82, 2.24) is 14.5 Å². The van der Waals surface area contributed by atoms with Gasteiger partial charge < -0.3 is 4.90 Å². The van der Waals surface area contributed by atoms with Gasteiger partial charge in [0.05, 0.1) is 17.3 Å². The van der Waals surface area contributed by atoms with E-state index in [1.807, 2.05) is 4.90 Å². The van der Waals surface area contributed by atoms with Crippen molar-refractivity contribution < 1.29 is 13.2 Å². The van der Waals surface area contributed by atoms with Gasteiger partial charge in [0.15, 0.2) is 0 Å². The molecule has 5 nitrogen and oxygen atoms in total. The van der Waals surface area contributed by atoms with Gasteiger partial charge >= 0.3 is 6.18 Å². The molecule has 170 valence electrons. The molecule has 3 heterocycles. The number of fused-ring (bicyclic) bond motifs is 3. The molecular weight excluding hydrogens is 437 g/mol. The highest BCUT2D eigenvalue weighted by Gasteiger charge is 2.31. The van der Waals surface area contributed by atoms with Crippen LogP contribution in [0.3, 0.4) is 0 Å². The lowest BCUT2D eigenvalue weighted by atomic mass is 9.97. The Morgan fingerprint density at radius 1 is 1.03 bits per heavy atom. The maximum absolute atomic E-state index is 13.1. The average molecular weight is 463 g/mol. The summed E-state index contributed by atoms with van der Waals surface area (Å²) >= 11 is 1.66. The molecule has 0 N–H and O–H groups in total. The van der Waals surface area contributed by atoms with Crippen molar-refractivity contribution in [3.63, 3.8) is 0 Å². The van der Waals surface area contributed by atoms with Crippen LogP contribution < -0.4 is 10.5 Å². The molecule has 0 amide bonds. The van der Waals surface area contributed by atoms with E-state index < -0.39 is 11.7 Å². The van der Waals surface area contributed by atoms with Gasteiger partial charge in [0, 0.05) is 49.8 Å². The van der Waals surface area contributed by atoms with Gasteiger partial charge in [-0.15, -0.1) is 11.3 Å². The molecule has 9 heteroatoms. The fraction of sp³-hybridized carbons (Fsp3) is 0.478. The Balaban J connectivity index is 1.23. The van der Waals surface area contributed by atoms with Gasteiger partial charge in [0.2, 0.25) is 0 Å². The van der Waals surface area contributed by atoms with Crippen LogP contribution in [-0.4, -0.2) is 47.2 Å². The quantitative estimate of drug-likeness (QED) is 0.584. The Bertz CT molecular complexity index is 1180. The first kappa shape index (κ1) is 21.5. The normalized spacial score (nSPS) is 17.7. The number of nitrogens with zero attached hydrogens (tertiary/aromatic N) is 4. The van der Waals surface area contributed by atoms with Crippen LogP contribution in [0.4, 0.5) is 18.9 Å². The molecule has 0 atom stereocenters. The SMILES string of the molecule is O=c1c2c3c(sc2ncn1CCN1CCN(c2cccc(C(F)(F)F)c2)CC1)CCCC3. The maximum atomic E-state index is 13.1. The highest BCUT2D eigenvalue weighted by Crippen LogP contribution is 2.33. The number of alkyl halides is 3. The molecule has 32 heavy (non-hydrogen) atoms. The number of piperazine rings is 1. The molecule has 1 fully saturated rings. The predicted octanol–water partition coefficient (Wildman–Crippen LogP) is 4.18. The molecule has 5 rings (SSSR count). The minimum atomic E-state index is -4.33. The number of aryl methyl sites for hydroxylation is 2. The minimum absolute atomic E-state index is 0.0528. The molecule has 0 bridgehead atoms. The smallest absolute Gasteiger partial charge is 0.369 e. The van der Waals surface area contributed by atoms with Gasteiger partial charge in [-0.25, -0.2) is 4.98 Å². The van der Waals surface area contributed by atoms with E-state index in [1.165, 1.54) is 29.0 Å². The van der Waals surface area contributed by atoms with E-state index in [4.69, 9.17) is 0 Å². The molecule has 1 aliphatic carbocycles. The van der Waals surface area contributed by atoms with Crippen molar-refractivity contribution in [3.8, 4) is 0 Å². The second-order valence-electron chi connectivity index (χ2n) is 8.51. The van der Waals surface area contributed by atoms with Crippen LogP contribution in [0.25, 0.3) is 10.2 Å². The number of rotatable bonds is 4. The maximum Gasteiger partial charge on any atom is 0.416 e. The molecule has 2 aliphatic rings. The van der Waals surface area contributed by atoms with E-state index >= 15 is 0 Å². The molecule has 0 spiro atoms. The molecule has 1 aliphatic heterocycles. The predicted molar refractivity (Wildman–Crippen MR) is 121 cm³/mol. The number of anilines is 1. The second kappa shape index (κ2) is 8.51. The van der Waals surface area contributed by atoms with Gasteiger partial charge in [0.25, 0.3) is 5.56 Å². The van der Waals surface area contributed by atoms with Crippen LogP contribution >= 0.6 is 11.3 Å². The third kappa shape index (κ3) is 4.15. The van der Waals surface area contributed by atoms with E-state index in [0.29, 0.717) is 25.3 Å². The number of hydrogen-bond donors (Lipinski definition) is 0. The summed E-state index contributed by atoms with van der Waals surface area (Å²) in [7, 11) is 0. The highest BCUT2D eigenvalue weighted by molar-refractivity contribution is 7.18. The summed E-state index contributed by atoms with van der Waals surface area (Å²) < 4.78 is 40.7. The van der Waals surface area contributed by atoms with E-state index in [9.17, 15) is 18.0 Å². The third-order valence-electron chi connectivity index (χ3n) is 6.51. The average Bonchev–Trinajstić information content (AvgIpc) is 3.18. The summed E-state index contributed by atoms with van der Waals surface area (Å²) in [6.45, 7) is 4.09. The number of halogens is 3. The number of aromatic nitrogens is 2. The number of hydrogen-bond acceptors (Lipinski definition) is 5. The van der Waals surface area contributed by atoms with Crippen molar-refractivity contribution in [1.29, 1.82) is 0 Å². The molecular formula is C23H25F3N4OS. The zero-order chi connectivity index (χ0) is 22.3. The fourth-order valence-corrected chi connectivity index (χ4v) is 5.92. The highest BCUT2D eigenvalue weighted by atomic mass is 32.1. The van der Waals surface area contributed by atoms with Gasteiger partial charge in [-0.1, -0.05) is 6.07 Å². The molecule has 1 aromatic carbocycles. The van der Waals surface area contributed by atoms with Crippen molar-refractivity contribution in [3.05, 3.63) is 57.0 Å². The van der Waals surface area contributed by atoms with Gasteiger partial charge in [-0.2, -0.15) is 13.2 Å². The number of benzene rings is 1. The van der Waals surface area contributed by atoms with Gasteiger partial charge in [-0.3, -0.25) is 14.3 Å². The lowest BCUT2D eigenvalue weighted by molar-refractivity contribution is -0.137. The lowest BCUT2D eigenvalue weighted by Gasteiger charge is -2.36. The van der Waals surface area contributed by atoms with Crippen LogP contribution in [-0.2, 0) is 25.6 Å². The second-order valence-corrected chi connectivity index (χ2v) is 9.59. The Morgan fingerprint density at radius 3 is 2.59 bits per heavy atom. The van der Waals surface area contributed by atoms with Crippen molar-refractivity contribution in [2.45, 2.75) is 38.4 Å². The van der Waals surface area contributed by atoms with E-state index in [-0.39, 0.29) is 5.56 Å². The Kier molecular flexibility index (Phi) is 5.71. The van der Waals surface area contributed by atoms with Crippen LogP contribution in [0, 0.1) is 0 Å². The van der Waals surface area contributed by atoms with E-state index in [2.05, 4.69) is 9.88 Å². The van der Waals surface area contributed by atoms with Crippen molar-refractivity contribution in [2.75, 3.05) is 37.6 Å². The first-order valence-corrected chi connectivity index (χ1v) is 11.9. The standard InChI is InChI=1S/C23H25F3N4OS/c24-23(25,26)16-4-3-5-17(14-16)29-11-8-28(9-12-29)10-13-30-15-27-21-20(22(30)31)18-6-1-2-7-19(18)32-21/h3-5,14-15H,1-2,6-13H2. The largest absolute Gasteiger partial charge is 0.416 e. The minimum Gasteiger partial charge on any atom is -0.369 e. The Labute approximate surface area is 188 Å². The molecule has 2 aromatic heterocycles. The number of thiophene rings is 1. The zero-order valence-electron chi connectivity index (χ0n) is 17.7.